The van der Waals surface area contributed by atoms with Crippen molar-refractivity contribution in [3.8, 4) is 0 Å². The molecule has 1 unspecified atom stereocenters. The van der Waals surface area contributed by atoms with Crippen LogP contribution < -0.4 is 16.0 Å². The number of carbonyl (C=O) groups is 5. The molecule has 3 heterocycles. The third-order valence-electron chi connectivity index (χ3n) is 7.24. The Bertz CT molecular complexity index is 1180. The second-order valence-electron chi connectivity index (χ2n) is 11.6. The highest BCUT2D eigenvalue weighted by molar-refractivity contribution is 6.23. The van der Waals surface area contributed by atoms with Crippen molar-refractivity contribution in [3.63, 3.8) is 0 Å². The zero-order chi connectivity index (χ0) is 30.3. The van der Waals surface area contributed by atoms with Crippen LogP contribution >= 0.6 is 0 Å². The summed E-state index contributed by atoms with van der Waals surface area (Å²) >= 11 is 0. The molecule has 0 aliphatic carbocycles. The average Bonchev–Trinajstić information content (AvgIpc) is 3.16. The largest absolute Gasteiger partial charge is 0.444 e. The van der Waals surface area contributed by atoms with Gasteiger partial charge in [0.15, 0.2) is 0 Å². The number of amides is 5. The Morgan fingerprint density at radius 2 is 1.64 bits per heavy atom. The molecule has 0 saturated carbocycles. The van der Waals surface area contributed by atoms with Crippen LogP contribution in [0.25, 0.3) is 0 Å². The van der Waals surface area contributed by atoms with Gasteiger partial charge < -0.3 is 29.7 Å². The molecule has 5 amide bonds. The first-order valence-corrected chi connectivity index (χ1v) is 14.5. The summed E-state index contributed by atoms with van der Waals surface area (Å²) in [5, 5.41) is 8.33. The molecule has 1 aromatic carbocycles. The topological polar surface area (TPSA) is 156 Å². The van der Waals surface area contributed by atoms with E-state index in [2.05, 4.69) is 20.9 Å². The van der Waals surface area contributed by atoms with Gasteiger partial charge in [-0.15, -0.1) is 0 Å². The molecule has 2 saturated heterocycles. The normalized spacial score (nSPS) is 20.0. The first kappa shape index (κ1) is 31.4. The molecule has 0 spiro atoms. The van der Waals surface area contributed by atoms with E-state index in [0.717, 1.165) is 43.1 Å². The fourth-order valence-corrected chi connectivity index (χ4v) is 5.15. The van der Waals surface area contributed by atoms with E-state index in [9.17, 15) is 24.0 Å². The lowest BCUT2D eigenvalue weighted by Gasteiger charge is -2.32. The third kappa shape index (κ3) is 8.49. The molecule has 13 heteroatoms. The number of carbonyl (C=O) groups excluding carboxylic acids is 5. The molecule has 0 bridgehead atoms. The Balaban J connectivity index is 1.10. The van der Waals surface area contributed by atoms with Gasteiger partial charge in [-0.05, 0) is 58.2 Å². The lowest BCUT2D eigenvalue weighted by Crippen LogP contribution is -2.54. The van der Waals surface area contributed by atoms with E-state index in [1.807, 2.05) is 20.8 Å². The van der Waals surface area contributed by atoms with Gasteiger partial charge in [0.05, 0.1) is 37.6 Å². The van der Waals surface area contributed by atoms with Crippen LogP contribution in [-0.4, -0.2) is 110 Å². The highest BCUT2D eigenvalue weighted by atomic mass is 16.6. The van der Waals surface area contributed by atoms with Crippen LogP contribution in [0.3, 0.4) is 0 Å². The minimum atomic E-state index is -0.972. The van der Waals surface area contributed by atoms with Gasteiger partial charge in [0.1, 0.15) is 11.6 Å². The predicted octanol–water partition coefficient (Wildman–Crippen LogP) is 1.52. The van der Waals surface area contributed by atoms with Crippen molar-refractivity contribution < 1.29 is 38.2 Å². The van der Waals surface area contributed by atoms with Crippen LogP contribution in [0.2, 0.25) is 0 Å². The number of nitrogens with zero attached hydrogens (tertiary/aromatic N) is 2. The SMILES string of the molecule is CC(C)(C)OC(=O)NCCOCCOCCN1CCC(Nc2ccc3c(c2)C(=O)N(C2CCC(=O)NC2=O)C3=O)CC1. The number of ether oxygens (including phenoxy) is 3. The lowest BCUT2D eigenvalue weighted by molar-refractivity contribution is -0.136. The van der Waals surface area contributed by atoms with E-state index in [1.54, 1.807) is 18.2 Å². The van der Waals surface area contributed by atoms with Gasteiger partial charge in [-0.2, -0.15) is 0 Å². The van der Waals surface area contributed by atoms with E-state index in [-0.39, 0.29) is 30.0 Å². The molecule has 13 nitrogen and oxygen atoms in total. The average molecular weight is 588 g/mol. The van der Waals surface area contributed by atoms with Gasteiger partial charge in [-0.3, -0.25) is 29.4 Å². The highest BCUT2D eigenvalue weighted by Crippen LogP contribution is 2.30. The summed E-state index contributed by atoms with van der Waals surface area (Å²) in [7, 11) is 0. The van der Waals surface area contributed by atoms with Gasteiger partial charge in [-0.25, -0.2) is 4.79 Å². The molecular weight excluding hydrogens is 546 g/mol. The number of nitrogens with one attached hydrogen (secondary N) is 3. The van der Waals surface area contributed by atoms with Crippen molar-refractivity contribution in [1.82, 2.24) is 20.4 Å². The zero-order valence-corrected chi connectivity index (χ0v) is 24.5. The highest BCUT2D eigenvalue weighted by Gasteiger charge is 2.44. The monoisotopic (exact) mass is 587 g/mol. The van der Waals surface area contributed by atoms with Crippen LogP contribution in [-0.2, 0) is 23.8 Å². The summed E-state index contributed by atoms with van der Waals surface area (Å²) < 4.78 is 16.3. The number of hydrogen-bond acceptors (Lipinski definition) is 10. The smallest absolute Gasteiger partial charge is 0.407 e. The molecule has 3 aliphatic heterocycles. The van der Waals surface area contributed by atoms with Crippen molar-refractivity contribution in [3.05, 3.63) is 29.3 Å². The van der Waals surface area contributed by atoms with Gasteiger partial charge in [0.25, 0.3) is 11.8 Å². The standard InChI is InChI=1S/C29H41N5O8/c1-29(2,3)42-28(39)30-10-14-40-16-17-41-15-13-33-11-8-19(9-12-33)31-20-4-5-21-22(18-20)27(38)34(26(21)37)23-6-7-24(35)32-25(23)36/h4-5,18-19,23,31H,6-17H2,1-3H3,(H,30,39)(H,32,35,36). The Labute approximate surface area is 245 Å². The number of hydrogen-bond donors (Lipinski definition) is 3. The molecule has 0 aromatic heterocycles. The molecule has 1 aromatic rings. The number of rotatable bonds is 12. The van der Waals surface area contributed by atoms with Gasteiger partial charge in [0, 0.05) is 44.3 Å². The number of imide groups is 2. The van der Waals surface area contributed by atoms with Crippen LogP contribution in [0.15, 0.2) is 18.2 Å². The molecule has 2 fully saturated rings. The summed E-state index contributed by atoms with van der Waals surface area (Å²) in [5.41, 5.74) is 0.769. The molecule has 3 N–H and O–H groups in total. The Kier molecular flexibility index (Phi) is 10.5. The van der Waals surface area contributed by atoms with Crippen molar-refractivity contribution >= 4 is 35.4 Å². The summed E-state index contributed by atoms with van der Waals surface area (Å²) in [6.45, 7) is 10.3. The maximum atomic E-state index is 13.1. The van der Waals surface area contributed by atoms with Gasteiger partial charge in [-0.1, -0.05) is 0 Å². The Morgan fingerprint density at radius 3 is 2.33 bits per heavy atom. The Hall–Kier alpha value is -3.55. The second kappa shape index (κ2) is 14.1. The number of likely N-dealkylation sites (tertiary alicyclic amines) is 1. The number of piperidine rings is 2. The van der Waals surface area contributed by atoms with Crippen LogP contribution in [0.5, 0.6) is 0 Å². The first-order valence-electron chi connectivity index (χ1n) is 14.5. The fourth-order valence-electron chi connectivity index (χ4n) is 5.15. The minimum absolute atomic E-state index is 0.0898. The van der Waals surface area contributed by atoms with Crippen molar-refractivity contribution in [1.29, 1.82) is 0 Å². The lowest BCUT2D eigenvalue weighted by atomic mass is 10.0. The molecule has 1 atom stereocenters. The number of anilines is 1. The maximum Gasteiger partial charge on any atom is 0.407 e. The van der Waals surface area contributed by atoms with E-state index >= 15 is 0 Å². The molecule has 4 rings (SSSR count). The van der Waals surface area contributed by atoms with Crippen LogP contribution in [0.1, 0.15) is 67.2 Å². The molecule has 42 heavy (non-hydrogen) atoms. The molecule has 230 valence electrons. The maximum absolute atomic E-state index is 13.1. The van der Waals surface area contributed by atoms with Crippen molar-refractivity contribution in [2.45, 2.75) is 64.1 Å². The number of alkyl carbamates (subject to hydrolysis) is 1. The molecular formula is C29H41N5O8. The first-order chi connectivity index (χ1) is 20.0. The van der Waals surface area contributed by atoms with E-state index < -0.39 is 41.4 Å². The van der Waals surface area contributed by atoms with E-state index in [0.29, 0.717) is 33.0 Å². The van der Waals surface area contributed by atoms with Crippen molar-refractivity contribution in [2.24, 2.45) is 0 Å². The van der Waals surface area contributed by atoms with Crippen molar-refractivity contribution in [2.75, 3.05) is 57.9 Å². The third-order valence-corrected chi connectivity index (χ3v) is 7.24. The summed E-state index contributed by atoms with van der Waals surface area (Å²) in [6.07, 6.45) is 1.60. The fraction of sp³-hybridized carbons (Fsp3) is 0.621. The quantitative estimate of drug-likeness (QED) is 0.242. The molecule has 3 aliphatic rings. The van der Waals surface area contributed by atoms with Crippen LogP contribution in [0, 0.1) is 0 Å². The molecule has 0 radical (unpaired) electrons. The summed E-state index contributed by atoms with van der Waals surface area (Å²) in [4.78, 5) is 64.6. The van der Waals surface area contributed by atoms with Crippen LogP contribution in [0.4, 0.5) is 10.5 Å². The number of benzene rings is 1. The zero-order valence-electron chi connectivity index (χ0n) is 24.5. The van der Waals surface area contributed by atoms with E-state index in [4.69, 9.17) is 14.2 Å². The van der Waals surface area contributed by atoms with E-state index in [1.165, 1.54) is 0 Å². The summed E-state index contributed by atoms with van der Waals surface area (Å²) in [6, 6.07) is 4.34. The summed E-state index contributed by atoms with van der Waals surface area (Å²) in [5.74, 6) is -2.03. The number of fused-ring (bicyclic) bond motifs is 1. The minimum Gasteiger partial charge on any atom is -0.444 e. The predicted molar refractivity (Wildman–Crippen MR) is 152 cm³/mol. The Morgan fingerprint density at radius 1 is 0.952 bits per heavy atom. The van der Waals surface area contributed by atoms with Gasteiger partial charge >= 0.3 is 6.09 Å². The van der Waals surface area contributed by atoms with Gasteiger partial charge in [0.2, 0.25) is 11.8 Å². The second-order valence-corrected chi connectivity index (χ2v) is 11.6.